The van der Waals surface area contributed by atoms with E-state index in [9.17, 15) is 9.18 Å². The third-order valence-electron chi connectivity index (χ3n) is 4.25. The summed E-state index contributed by atoms with van der Waals surface area (Å²) in [6.07, 6.45) is 1.59. The number of amides is 1. The van der Waals surface area contributed by atoms with E-state index in [-0.39, 0.29) is 17.5 Å². The van der Waals surface area contributed by atoms with E-state index in [4.69, 9.17) is 10.00 Å². The van der Waals surface area contributed by atoms with Crippen LogP contribution in [0.25, 0.3) is 0 Å². The minimum atomic E-state index is -0.444. The van der Waals surface area contributed by atoms with Crippen LogP contribution in [0.3, 0.4) is 0 Å². The number of carbonyl (C=O) groups excluding carboxylic acids is 1. The van der Waals surface area contributed by atoms with Crippen molar-refractivity contribution in [2.75, 3.05) is 37.7 Å². The second kappa shape index (κ2) is 6.32. The minimum Gasteiger partial charge on any atom is -0.378 e. The Bertz CT molecular complexity index is 608. The smallest absolute Gasteiger partial charge is 0.245 e. The van der Waals surface area contributed by atoms with Gasteiger partial charge in [0.2, 0.25) is 5.91 Å². The zero-order chi connectivity index (χ0) is 15.5. The highest BCUT2D eigenvalue weighted by Crippen LogP contribution is 2.29. The molecule has 2 saturated heterocycles. The zero-order valence-electron chi connectivity index (χ0n) is 12.3. The number of ether oxygens (including phenoxy) is 1. The van der Waals surface area contributed by atoms with Gasteiger partial charge in [0, 0.05) is 19.6 Å². The Morgan fingerprint density at radius 3 is 2.77 bits per heavy atom. The second-order valence-corrected chi connectivity index (χ2v) is 5.57. The number of benzene rings is 1. The van der Waals surface area contributed by atoms with E-state index >= 15 is 0 Å². The molecule has 0 aromatic heterocycles. The molecule has 2 aliphatic rings. The lowest BCUT2D eigenvalue weighted by Gasteiger charge is -2.33. The molecule has 0 N–H and O–H groups in total. The van der Waals surface area contributed by atoms with E-state index in [0.29, 0.717) is 38.5 Å². The van der Waals surface area contributed by atoms with E-state index in [1.165, 1.54) is 6.07 Å². The molecular formula is C16H18FN3O2. The van der Waals surface area contributed by atoms with Crippen LogP contribution in [0.1, 0.15) is 18.4 Å². The molecule has 0 radical (unpaired) electrons. The maximum atomic E-state index is 14.2. The van der Waals surface area contributed by atoms with Gasteiger partial charge in [0.25, 0.3) is 0 Å². The molecule has 1 aromatic carbocycles. The van der Waals surface area contributed by atoms with Crippen LogP contribution >= 0.6 is 0 Å². The highest BCUT2D eigenvalue weighted by Gasteiger charge is 2.35. The largest absolute Gasteiger partial charge is 0.378 e. The monoisotopic (exact) mass is 303 g/mol. The molecule has 1 aromatic rings. The van der Waals surface area contributed by atoms with Gasteiger partial charge in [-0.3, -0.25) is 4.79 Å². The number of rotatable bonds is 2. The topological polar surface area (TPSA) is 56.6 Å². The van der Waals surface area contributed by atoms with Crippen LogP contribution in [0.2, 0.25) is 0 Å². The fourth-order valence-corrected chi connectivity index (χ4v) is 3.12. The molecule has 0 aliphatic carbocycles. The number of hydrogen-bond acceptors (Lipinski definition) is 4. The predicted octanol–water partition coefficient (Wildman–Crippen LogP) is 1.52. The first-order valence-electron chi connectivity index (χ1n) is 7.53. The van der Waals surface area contributed by atoms with E-state index in [2.05, 4.69) is 0 Å². The van der Waals surface area contributed by atoms with Crippen LogP contribution in [-0.2, 0) is 9.53 Å². The summed E-state index contributed by atoms with van der Waals surface area (Å²) >= 11 is 0. The van der Waals surface area contributed by atoms with E-state index in [1.807, 2.05) is 11.0 Å². The Hall–Kier alpha value is -2.13. The van der Waals surface area contributed by atoms with Gasteiger partial charge >= 0.3 is 0 Å². The van der Waals surface area contributed by atoms with Crippen LogP contribution in [-0.4, -0.2) is 49.7 Å². The first-order chi connectivity index (χ1) is 10.7. The molecule has 0 spiro atoms. The Kier molecular flexibility index (Phi) is 4.25. The standard InChI is InChI=1S/C16H18FN3O2/c17-13-10-12(11-18)3-4-14(13)20-5-1-2-15(20)16(21)19-6-8-22-9-7-19/h3-4,10,15H,1-2,5-9H2/t15-/m0/s1. The number of nitrogens with zero attached hydrogens (tertiary/aromatic N) is 3. The average molecular weight is 303 g/mol. The molecule has 0 unspecified atom stereocenters. The lowest BCUT2D eigenvalue weighted by atomic mass is 10.1. The summed E-state index contributed by atoms with van der Waals surface area (Å²) in [4.78, 5) is 16.3. The molecule has 2 aliphatic heterocycles. The lowest BCUT2D eigenvalue weighted by Crippen LogP contribution is -2.50. The van der Waals surface area contributed by atoms with Crippen LogP contribution in [0.5, 0.6) is 0 Å². The third-order valence-corrected chi connectivity index (χ3v) is 4.25. The molecule has 116 valence electrons. The molecule has 6 heteroatoms. The highest BCUT2D eigenvalue weighted by atomic mass is 19.1. The van der Waals surface area contributed by atoms with Crippen molar-refractivity contribution in [3.63, 3.8) is 0 Å². The van der Waals surface area contributed by atoms with Crippen molar-refractivity contribution in [3.05, 3.63) is 29.6 Å². The van der Waals surface area contributed by atoms with Gasteiger partial charge in [-0.25, -0.2) is 4.39 Å². The fraction of sp³-hybridized carbons (Fsp3) is 0.500. The summed E-state index contributed by atoms with van der Waals surface area (Å²) in [6, 6.07) is 6.02. The number of hydrogen-bond donors (Lipinski definition) is 0. The highest BCUT2D eigenvalue weighted by molar-refractivity contribution is 5.86. The molecular weight excluding hydrogens is 285 g/mol. The molecule has 1 amide bonds. The lowest BCUT2D eigenvalue weighted by molar-refractivity contribution is -0.136. The second-order valence-electron chi connectivity index (χ2n) is 5.57. The van der Waals surface area contributed by atoms with Crippen molar-refractivity contribution in [3.8, 4) is 6.07 Å². The normalized spacial score (nSPS) is 21.7. The molecule has 1 atom stereocenters. The van der Waals surface area contributed by atoms with Crippen molar-refractivity contribution >= 4 is 11.6 Å². The van der Waals surface area contributed by atoms with Gasteiger partial charge in [0.15, 0.2) is 0 Å². The van der Waals surface area contributed by atoms with Crippen molar-refractivity contribution in [2.45, 2.75) is 18.9 Å². The zero-order valence-corrected chi connectivity index (χ0v) is 12.3. The van der Waals surface area contributed by atoms with Gasteiger partial charge in [0.1, 0.15) is 11.9 Å². The number of halogens is 1. The summed E-state index contributed by atoms with van der Waals surface area (Å²) in [5.74, 6) is -0.398. The van der Waals surface area contributed by atoms with Crippen LogP contribution < -0.4 is 4.90 Å². The van der Waals surface area contributed by atoms with Crippen LogP contribution in [0.4, 0.5) is 10.1 Å². The van der Waals surface area contributed by atoms with E-state index in [0.717, 1.165) is 12.8 Å². The minimum absolute atomic E-state index is 0.0459. The molecule has 0 saturated carbocycles. The average Bonchev–Trinajstić information content (AvgIpc) is 3.04. The maximum Gasteiger partial charge on any atom is 0.245 e. The van der Waals surface area contributed by atoms with Crippen molar-refractivity contribution in [1.29, 1.82) is 5.26 Å². The Balaban J connectivity index is 1.81. The van der Waals surface area contributed by atoms with Crippen molar-refractivity contribution in [2.24, 2.45) is 0 Å². The molecule has 2 heterocycles. The number of morpholine rings is 1. The first kappa shape index (κ1) is 14.8. The van der Waals surface area contributed by atoms with Gasteiger partial charge in [0.05, 0.1) is 30.5 Å². The molecule has 0 bridgehead atoms. The number of anilines is 1. The predicted molar refractivity (Wildman–Crippen MR) is 78.9 cm³/mol. The summed E-state index contributed by atoms with van der Waals surface area (Å²) in [5.41, 5.74) is 0.694. The number of carbonyl (C=O) groups is 1. The maximum absolute atomic E-state index is 14.2. The van der Waals surface area contributed by atoms with Crippen molar-refractivity contribution in [1.82, 2.24) is 4.90 Å². The van der Waals surface area contributed by atoms with Crippen molar-refractivity contribution < 1.29 is 13.9 Å². The van der Waals surface area contributed by atoms with Gasteiger partial charge in [-0.05, 0) is 31.0 Å². The third kappa shape index (κ3) is 2.77. The van der Waals surface area contributed by atoms with Crippen LogP contribution in [0.15, 0.2) is 18.2 Å². The van der Waals surface area contributed by atoms with E-state index < -0.39 is 5.82 Å². The Morgan fingerprint density at radius 1 is 1.32 bits per heavy atom. The molecule has 22 heavy (non-hydrogen) atoms. The van der Waals surface area contributed by atoms with Crippen LogP contribution in [0, 0.1) is 17.1 Å². The Morgan fingerprint density at radius 2 is 2.09 bits per heavy atom. The van der Waals surface area contributed by atoms with Gasteiger partial charge in [-0.1, -0.05) is 0 Å². The fourth-order valence-electron chi connectivity index (χ4n) is 3.12. The summed E-state index contributed by atoms with van der Waals surface area (Å²) in [6.45, 7) is 2.97. The van der Waals surface area contributed by atoms with E-state index in [1.54, 1.807) is 17.0 Å². The summed E-state index contributed by atoms with van der Waals surface area (Å²) in [5, 5.41) is 8.83. The first-order valence-corrected chi connectivity index (χ1v) is 7.53. The molecule has 3 rings (SSSR count). The number of nitriles is 1. The molecule has 5 nitrogen and oxygen atoms in total. The quantitative estimate of drug-likeness (QED) is 0.831. The summed E-state index contributed by atoms with van der Waals surface area (Å²) < 4.78 is 19.5. The van der Waals surface area contributed by atoms with Gasteiger partial charge in [-0.15, -0.1) is 0 Å². The SMILES string of the molecule is N#Cc1ccc(N2CCC[C@H]2C(=O)N2CCOCC2)c(F)c1. The van der Waals surface area contributed by atoms with Gasteiger partial charge in [-0.2, -0.15) is 5.26 Å². The summed E-state index contributed by atoms with van der Waals surface area (Å²) in [7, 11) is 0. The molecule has 2 fully saturated rings. The Labute approximate surface area is 128 Å². The van der Waals surface area contributed by atoms with Gasteiger partial charge < -0.3 is 14.5 Å².